The van der Waals surface area contributed by atoms with E-state index in [9.17, 15) is 14.7 Å². The minimum atomic E-state index is -0.931. The van der Waals surface area contributed by atoms with Crippen LogP contribution in [0.1, 0.15) is 37.0 Å². The van der Waals surface area contributed by atoms with Crippen molar-refractivity contribution in [3.8, 4) is 5.69 Å². The van der Waals surface area contributed by atoms with Crippen molar-refractivity contribution in [3.63, 3.8) is 0 Å². The lowest BCUT2D eigenvalue weighted by atomic mass is 9.82. The van der Waals surface area contributed by atoms with Gasteiger partial charge in [-0.3, -0.25) is 9.59 Å². The molecule has 7 nitrogen and oxygen atoms in total. The fourth-order valence-electron chi connectivity index (χ4n) is 2.36. The van der Waals surface area contributed by atoms with Crippen molar-refractivity contribution in [2.75, 3.05) is 6.54 Å². The number of nitrogens with zero attached hydrogens (tertiary/aromatic N) is 3. The van der Waals surface area contributed by atoms with Gasteiger partial charge in [0.2, 0.25) is 0 Å². The van der Waals surface area contributed by atoms with Crippen molar-refractivity contribution < 1.29 is 14.7 Å². The number of rotatable bonds is 7. The van der Waals surface area contributed by atoms with E-state index in [4.69, 9.17) is 0 Å². The largest absolute Gasteiger partial charge is 0.481 e. The molecule has 0 aliphatic rings. The lowest BCUT2D eigenvalue weighted by Gasteiger charge is -2.26. The number of amides is 1. The second kappa shape index (κ2) is 7.04. The molecule has 0 saturated heterocycles. The molecule has 0 spiro atoms. The molecule has 122 valence electrons. The summed E-state index contributed by atoms with van der Waals surface area (Å²) in [6.07, 6.45) is 3.87. The van der Waals surface area contributed by atoms with Crippen LogP contribution < -0.4 is 5.32 Å². The molecule has 23 heavy (non-hydrogen) atoms. The fourth-order valence-corrected chi connectivity index (χ4v) is 2.36. The zero-order chi connectivity index (χ0) is 16.9. The summed E-state index contributed by atoms with van der Waals surface area (Å²) in [6.45, 7) is 3.73. The second-order valence-electron chi connectivity index (χ2n) is 5.37. The smallest absolute Gasteiger partial charge is 0.311 e. The Kier molecular flexibility index (Phi) is 5.10. The minimum absolute atomic E-state index is 0.0989. The summed E-state index contributed by atoms with van der Waals surface area (Å²) in [7, 11) is 0. The molecule has 1 amide bonds. The average molecular weight is 316 g/mol. The molecule has 2 rings (SSSR count). The molecule has 0 radical (unpaired) electrons. The van der Waals surface area contributed by atoms with Crippen molar-refractivity contribution >= 4 is 11.9 Å². The SMILES string of the molecule is CCC(CC)(CNC(=O)c1cccc(-n2cncn2)c1)C(=O)O. The van der Waals surface area contributed by atoms with Crippen LogP contribution in [0.5, 0.6) is 0 Å². The van der Waals surface area contributed by atoms with E-state index in [0.717, 1.165) is 0 Å². The second-order valence-corrected chi connectivity index (χ2v) is 5.37. The first kappa shape index (κ1) is 16.7. The van der Waals surface area contributed by atoms with Crippen molar-refractivity contribution in [1.29, 1.82) is 0 Å². The van der Waals surface area contributed by atoms with Crippen LogP contribution in [0.25, 0.3) is 5.69 Å². The van der Waals surface area contributed by atoms with Gasteiger partial charge in [0.25, 0.3) is 5.91 Å². The molecule has 0 fully saturated rings. The summed E-state index contributed by atoms with van der Waals surface area (Å²) >= 11 is 0. The van der Waals surface area contributed by atoms with Gasteiger partial charge in [0.15, 0.2) is 0 Å². The van der Waals surface area contributed by atoms with E-state index in [1.54, 1.807) is 29.2 Å². The van der Waals surface area contributed by atoms with Crippen LogP contribution in [0.2, 0.25) is 0 Å². The molecule has 1 aromatic heterocycles. The summed E-state index contributed by atoms with van der Waals surface area (Å²) in [4.78, 5) is 27.7. The van der Waals surface area contributed by atoms with Crippen molar-refractivity contribution in [2.24, 2.45) is 5.41 Å². The Morgan fingerprint density at radius 2 is 2.04 bits per heavy atom. The normalized spacial score (nSPS) is 11.2. The molecule has 7 heteroatoms. The van der Waals surface area contributed by atoms with E-state index in [1.165, 1.54) is 6.33 Å². The number of nitrogens with one attached hydrogen (secondary N) is 1. The number of benzene rings is 1. The van der Waals surface area contributed by atoms with E-state index in [1.807, 2.05) is 19.9 Å². The highest BCUT2D eigenvalue weighted by atomic mass is 16.4. The zero-order valence-corrected chi connectivity index (χ0v) is 13.2. The van der Waals surface area contributed by atoms with Gasteiger partial charge in [-0.15, -0.1) is 0 Å². The predicted octanol–water partition coefficient (Wildman–Crippen LogP) is 1.89. The molecule has 0 aliphatic heterocycles. The van der Waals surface area contributed by atoms with Crippen LogP contribution in [-0.4, -0.2) is 38.3 Å². The topological polar surface area (TPSA) is 97.1 Å². The number of carboxylic acids is 1. The van der Waals surface area contributed by atoms with Gasteiger partial charge in [0.1, 0.15) is 12.7 Å². The summed E-state index contributed by atoms with van der Waals surface area (Å²) in [6, 6.07) is 6.92. The number of carboxylic acid groups (broad SMARTS) is 1. The summed E-state index contributed by atoms with van der Waals surface area (Å²) in [5.74, 6) is -1.20. The first-order chi connectivity index (χ1) is 11.0. The van der Waals surface area contributed by atoms with Crippen molar-refractivity contribution in [3.05, 3.63) is 42.5 Å². The average Bonchev–Trinajstić information content (AvgIpc) is 3.10. The molecular weight excluding hydrogens is 296 g/mol. The van der Waals surface area contributed by atoms with Crippen molar-refractivity contribution in [2.45, 2.75) is 26.7 Å². The molecule has 0 bridgehead atoms. The molecule has 2 aromatic rings. The highest BCUT2D eigenvalue weighted by Gasteiger charge is 2.35. The van der Waals surface area contributed by atoms with Crippen LogP contribution in [0.3, 0.4) is 0 Å². The molecule has 0 aliphatic carbocycles. The number of hydrogen-bond acceptors (Lipinski definition) is 4. The third-order valence-electron chi connectivity index (χ3n) is 4.19. The Morgan fingerprint density at radius 1 is 1.30 bits per heavy atom. The first-order valence-electron chi connectivity index (χ1n) is 7.49. The van der Waals surface area contributed by atoms with Gasteiger partial charge in [0.05, 0.1) is 11.1 Å². The highest BCUT2D eigenvalue weighted by Crippen LogP contribution is 2.25. The molecule has 0 saturated carbocycles. The van der Waals surface area contributed by atoms with E-state index < -0.39 is 11.4 Å². The van der Waals surface area contributed by atoms with Gasteiger partial charge in [-0.2, -0.15) is 5.10 Å². The molecule has 2 N–H and O–H groups in total. The summed E-state index contributed by atoms with van der Waals surface area (Å²) < 4.78 is 1.55. The number of carbonyl (C=O) groups is 2. The third-order valence-corrected chi connectivity index (χ3v) is 4.19. The van der Waals surface area contributed by atoms with E-state index in [2.05, 4.69) is 15.4 Å². The monoisotopic (exact) mass is 316 g/mol. The Balaban J connectivity index is 2.12. The number of carbonyl (C=O) groups excluding carboxylic acids is 1. The van der Waals surface area contributed by atoms with Gasteiger partial charge < -0.3 is 10.4 Å². The van der Waals surface area contributed by atoms with Gasteiger partial charge in [-0.05, 0) is 31.0 Å². The van der Waals surface area contributed by atoms with Crippen LogP contribution in [0, 0.1) is 5.41 Å². The minimum Gasteiger partial charge on any atom is -0.481 e. The number of aromatic nitrogens is 3. The maximum absolute atomic E-state index is 12.3. The Bertz CT molecular complexity index is 678. The van der Waals surface area contributed by atoms with Crippen LogP contribution in [0.15, 0.2) is 36.9 Å². The quantitative estimate of drug-likeness (QED) is 0.813. The molecule has 0 unspecified atom stereocenters. The number of aliphatic carboxylic acids is 1. The predicted molar refractivity (Wildman–Crippen MR) is 84.3 cm³/mol. The van der Waals surface area contributed by atoms with Crippen molar-refractivity contribution in [1.82, 2.24) is 20.1 Å². The number of hydrogen-bond donors (Lipinski definition) is 2. The zero-order valence-electron chi connectivity index (χ0n) is 13.2. The Morgan fingerprint density at radius 3 is 2.61 bits per heavy atom. The maximum atomic E-state index is 12.3. The Hall–Kier alpha value is -2.70. The third kappa shape index (κ3) is 3.56. The van der Waals surface area contributed by atoms with E-state index in [-0.39, 0.29) is 12.5 Å². The van der Waals surface area contributed by atoms with Crippen LogP contribution in [0.4, 0.5) is 0 Å². The summed E-state index contributed by atoms with van der Waals surface area (Å²) in [5, 5.41) is 16.2. The van der Waals surface area contributed by atoms with E-state index in [0.29, 0.717) is 24.1 Å². The van der Waals surface area contributed by atoms with E-state index >= 15 is 0 Å². The lowest BCUT2D eigenvalue weighted by Crippen LogP contribution is -2.42. The van der Waals surface area contributed by atoms with Gasteiger partial charge in [0, 0.05) is 12.1 Å². The highest BCUT2D eigenvalue weighted by molar-refractivity contribution is 5.95. The fraction of sp³-hybridized carbons (Fsp3) is 0.375. The van der Waals surface area contributed by atoms with Crippen LogP contribution in [-0.2, 0) is 4.79 Å². The van der Waals surface area contributed by atoms with Gasteiger partial charge >= 0.3 is 5.97 Å². The van der Waals surface area contributed by atoms with Gasteiger partial charge in [-0.1, -0.05) is 19.9 Å². The standard InChI is InChI=1S/C16H20N4O3/c1-3-16(4-2,15(22)23)9-18-14(21)12-6-5-7-13(8-12)20-11-17-10-19-20/h5-8,10-11H,3-4,9H2,1-2H3,(H,18,21)(H,22,23). The molecule has 1 heterocycles. The lowest BCUT2D eigenvalue weighted by molar-refractivity contribution is -0.149. The molecule has 1 aromatic carbocycles. The molecule has 0 atom stereocenters. The summed E-state index contributed by atoms with van der Waals surface area (Å²) in [5.41, 5.74) is 0.231. The first-order valence-corrected chi connectivity index (χ1v) is 7.49. The molecular formula is C16H20N4O3. The Labute approximate surface area is 134 Å². The van der Waals surface area contributed by atoms with Gasteiger partial charge in [-0.25, -0.2) is 9.67 Å². The maximum Gasteiger partial charge on any atom is 0.311 e. The van der Waals surface area contributed by atoms with Crippen LogP contribution >= 0.6 is 0 Å².